The van der Waals surface area contributed by atoms with Gasteiger partial charge in [-0.15, -0.1) is 0 Å². The molecule has 1 rings (SSSR count). The van der Waals surface area contributed by atoms with Crippen molar-refractivity contribution in [2.45, 2.75) is 0 Å². The number of nitrogens with zero attached hydrogens (tertiary/aromatic N) is 1. The van der Waals surface area contributed by atoms with Crippen LogP contribution in [0.1, 0.15) is 0 Å². The van der Waals surface area contributed by atoms with E-state index in [-0.39, 0.29) is 5.41 Å². The first-order chi connectivity index (χ1) is 4.33. The van der Waals surface area contributed by atoms with E-state index < -0.39 is 0 Å². The molecule has 1 heterocycles. The van der Waals surface area contributed by atoms with Gasteiger partial charge >= 0.3 is 0 Å². The van der Waals surface area contributed by atoms with E-state index in [1.807, 2.05) is 0 Å². The quantitative estimate of drug-likeness (QED) is 0.531. The van der Waals surface area contributed by atoms with Gasteiger partial charge < -0.3 is 9.47 Å². The highest BCUT2D eigenvalue weighted by Crippen LogP contribution is 2.25. The first-order valence-electron chi connectivity index (χ1n) is 2.81. The Morgan fingerprint density at radius 2 is 2.44 bits per heavy atom. The van der Waals surface area contributed by atoms with Crippen molar-refractivity contribution in [2.24, 2.45) is 5.41 Å². The molecular formula is C6H9NO2. The molecule has 0 unspecified atom stereocenters. The molecule has 0 radical (unpaired) electrons. The summed E-state index contributed by atoms with van der Waals surface area (Å²) in [6, 6.07) is 2.17. The zero-order valence-electron chi connectivity index (χ0n) is 5.39. The van der Waals surface area contributed by atoms with Gasteiger partial charge in [0.05, 0.1) is 25.9 Å². The van der Waals surface area contributed by atoms with Crippen LogP contribution in [0, 0.1) is 16.7 Å². The van der Waals surface area contributed by atoms with Crippen LogP contribution in [0.2, 0.25) is 0 Å². The Hall–Kier alpha value is -0.590. The van der Waals surface area contributed by atoms with Crippen LogP contribution < -0.4 is 0 Å². The predicted molar refractivity (Wildman–Crippen MR) is 30.7 cm³/mol. The van der Waals surface area contributed by atoms with Crippen molar-refractivity contribution in [1.29, 1.82) is 5.26 Å². The van der Waals surface area contributed by atoms with Crippen LogP contribution in [-0.2, 0) is 9.47 Å². The number of methoxy groups -OCH3 is 1. The van der Waals surface area contributed by atoms with E-state index >= 15 is 0 Å². The molecule has 3 heteroatoms. The zero-order valence-corrected chi connectivity index (χ0v) is 5.39. The molecule has 0 saturated carbocycles. The summed E-state index contributed by atoms with van der Waals surface area (Å²) >= 11 is 0. The van der Waals surface area contributed by atoms with Crippen LogP contribution >= 0.6 is 0 Å². The second-order valence-electron chi connectivity index (χ2n) is 2.32. The van der Waals surface area contributed by atoms with Crippen LogP contribution in [0.15, 0.2) is 0 Å². The van der Waals surface area contributed by atoms with Crippen LogP contribution in [-0.4, -0.2) is 26.9 Å². The van der Waals surface area contributed by atoms with Gasteiger partial charge in [0, 0.05) is 7.11 Å². The number of ether oxygens (including phenoxy) is 2. The lowest BCUT2D eigenvalue weighted by atomic mass is 9.89. The molecular weight excluding hydrogens is 118 g/mol. The summed E-state index contributed by atoms with van der Waals surface area (Å²) in [7, 11) is 1.59. The van der Waals surface area contributed by atoms with Gasteiger partial charge in [0.25, 0.3) is 0 Å². The van der Waals surface area contributed by atoms with Crippen molar-refractivity contribution in [2.75, 3.05) is 26.9 Å². The molecule has 0 bridgehead atoms. The first-order valence-corrected chi connectivity index (χ1v) is 2.81. The summed E-state index contributed by atoms with van der Waals surface area (Å²) in [6.45, 7) is 1.54. The molecule has 1 fully saturated rings. The van der Waals surface area contributed by atoms with Gasteiger partial charge in [-0.1, -0.05) is 0 Å². The fourth-order valence-electron chi connectivity index (χ4n) is 0.805. The average Bonchev–Trinajstić information content (AvgIpc) is 1.79. The number of hydrogen-bond acceptors (Lipinski definition) is 3. The summed E-state index contributed by atoms with van der Waals surface area (Å²) < 4.78 is 9.72. The highest BCUT2D eigenvalue weighted by molar-refractivity contribution is 5.03. The lowest BCUT2D eigenvalue weighted by Crippen LogP contribution is -2.44. The zero-order chi connectivity index (χ0) is 6.74. The molecule has 50 valence electrons. The molecule has 0 aliphatic carbocycles. The van der Waals surface area contributed by atoms with Crippen molar-refractivity contribution >= 4 is 0 Å². The molecule has 0 spiro atoms. The van der Waals surface area contributed by atoms with Crippen LogP contribution in [0.4, 0.5) is 0 Å². The van der Waals surface area contributed by atoms with Gasteiger partial charge in [-0.05, 0) is 0 Å². The molecule has 9 heavy (non-hydrogen) atoms. The van der Waals surface area contributed by atoms with Crippen molar-refractivity contribution < 1.29 is 9.47 Å². The Bertz CT molecular complexity index is 134. The van der Waals surface area contributed by atoms with Crippen molar-refractivity contribution in [3.8, 4) is 6.07 Å². The molecule has 0 N–H and O–H groups in total. The molecule has 1 aliphatic rings. The van der Waals surface area contributed by atoms with E-state index in [0.717, 1.165) is 0 Å². The monoisotopic (exact) mass is 127 g/mol. The third-order valence-electron chi connectivity index (χ3n) is 1.41. The van der Waals surface area contributed by atoms with Gasteiger partial charge in [0.2, 0.25) is 0 Å². The van der Waals surface area contributed by atoms with E-state index in [1.54, 1.807) is 7.11 Å². The van der Waals surface area contributed by atoms with Crippen LogP contribution in [0.5, 0.6) is 0 Å². The average molecular weight is 127 g/mol. The molecule has 0 aromatic carbocycles. The SMILES string of the molecule is COCC1(C#N)COC1. The highest BCUT2D eigenvalue weighted by atomic mass is 16.5. The van der Waals surface area contributed by atoms with Gasteiger partial charge in [-0.25, -0.2) is 0 Å². The van der Waals surface area contributed by atoms with Gasteiger partial charge in [0.1, 0.15) is 5.41 Å². The minimum absolute atomic E-state index is 0.325. The normalized spacial score (nSPS) is 22.2. The van der Waals surface area contributed by atoms with Crippen molar-refractivity contribution in [1.82, 2.24) is 0 Å². The Morgan fingerprint density at radius 3 is 2.56 bits per heavy atom. The fraction of sp³-hybridized carbons (Fsp3) is 0.833. The lowest BCUT2D eigenvalue weighted by molar-refractivity contribution is -0.108. The molecule has 1 aliphatic heterocycles. The first kappa shape index (κ1) is 6.53. The molecule has 0 aromatic rings. The molecule has 0 amide bonds. The summed E-state index contributed by atoms with van der Waals surface area (Å²) in [5, 5.41) is 8.56. The second-order valence-corrected chi connectivity index (χ2v) is 2.32. The Kier molecular flexibility index (Phi) is 1.70. The largest absolute Gasteiger partial charge is 0.383 e. The van der Waals surface area contributed by atoms with Crippen molar-refractivity contribution in [3.63, 3.8) is 0 Å². The number of hydrogen-bond donors (Lipinski definition) is 0. The number of nitriles is 1. The van der Waals surface area contributed by atoms with Gasteiger partial charge in [-0.3, -0.25) is 0 Å². The van der Waals surface area contributed by atoms with Crippen LogP contribution in [0.3, 0.4) is 0 Å². The molecule has 0 atom stereocenters. The fourth-order valence-corrected chi connectivity index (χ4v) is 0.805. The maximum Gasteiger partial charge on any atom is 0.127 e. The third kappa shape index (κ3) is 1.04. The Balaban J connectivity index is 2.40. The highest BCUT2D eigenvalue weighted by Gasteiger charge is 2.38. The van der Waals surface area contributed by atoms with E-state index in [1.165, 1.54) is 0 Å². The maximum atomic E-state index is 8.56. The predicted octanol–water partition coefficient (Wildman–Crippen LogP) is 0.173. The molecule has 1 saturated heterocycles. The van der Waals surface area contributed by atoms with E-state index in [0.29, 0.717) is 19.8 Å². The maximum absolute atomic E-state index is 8.56. The topological polar surface area (TPSA) is 42.2 Å². The van der Waals surface area contributed by atoms with Crippen LogP contribution in [0.25, 0.3) is 0 Å². The molecule has 3 nitrogen and oxygen atoms in total. The standard InChI is InChI=1S/C6H9NO2/c1-8-3-6(2-7)4-9-5-6/h3-5H2,1H3. The summed E-state index contributed by atoms with van der Waals surface area (Å²) in [5.41, 5.74) is -0.325. The number of rotatable bonds is 2. The lowest BCUT2D eigenvalue weighted by Gasteiger charge is -2.33. The minimum Gasteiger partial charge on any atom is -0.383 e. The summed E-state index contributed by atoms with van der Waals surface area (Å²) in [4.78, 5) is 0. The molecule has 0 aromatic heterocycles. The Morgan fingerprint density at radius 1 is 1.78 bits per heavy atom. The summed E-state index contributed by atoms with van der Waals surface area (Å²) in [6.07, 6.45) is 0. The van der Waals surface area contributed by atoms with Gasteiger partial charge in [0.15, 0.2) is 0 Å². The third-order valence-corrected chi connectivity index (χ3v) is 1.41. The van der Waals surface area contributed by atoms with Gasteiger partial charge in [-0.2, -0.15) is 5.26 Å². The van der Waals surface area contributed by atoms with E-state index in [4.69, 9.17) is 14.7 Å². The van der Waals surface area contributed by atoms with Crippen molar-refractivity contribution in [3.05, 3.63) is 0 Å². The van der Waals surface area contributed by atoms with E-state index in [2.05, 4.69) is 6.07 Å². The smallest absolute Gasteiger partial charge is 0.127 e. The van der Waals surface area contributed by atoms with E-state index in [9.17, 15) is 0 Å². The summed E-state index contributed by atoms with van der Waals surface area (Å²) in [5.74, 6) is 0. The minimum atomic E-state index is -0.325. The second kappa shape index (κ2) is 2.34. The Labute approximate surface area is 54.2 Å².